The molecule has 1 nitrogen and oxygen atoms in total. The molecule has 0 bridgehead atoms. The molecule has 0 aliphatic rings. The number of aliphatic imine (C=N–C) groups is 1. The van der Waals surface area contributed by atoms with Gasteiger partial charge in [-0.3, -0.25) is 0 Å². The van der Waals surface area contributed by atoms with Crippen LogP contribution in [0, 0.1) is 0 Å². The second-order valence-electron chi connectivity index (χ2n) is 7.04. The number of nitrogens with zero attached hydrogens (tertiary/aromatic N) is 1. The van der Waals surface area contributed by atoms with E-state index in [2.05, 4.69) is 57.2 Å². The maximum atomic E-state index is 6.47. The van der Waals surface area contributed by atoms with Crippen molar-refractivity contribution in [1.29, 1.82) is 0 Å². The van der Waals surface area contributed by atoms with Gasteiger partial charge in [0.15, 0.2) is 0 Å². The molecule has 0 amide bonds. The van der Waals surface area contributed by atoms with Crippen molar-refractivity contribution in [3.63, 3.8) is 0 Å². The molecule has 0 spiro atoms. The van der Waals surface area contributed by atoms with E-state index < -0.39 is 15.7 Å². The van der Waals surface area contributed by atoms with Gasteiger partial charge in [0.1, 0.15) is 0 Å². The van der Waals surface area contributed by atoms with Crippen LogP contribution in [-0.2, 0) is 21.2 Å². The van der Waals surface area contributed by atoms with Gasteiger partial charge in [-0.2, -0.15) is 0 Å². The van der Waals surface area contributed by atoms with Crippen LogP contribution in [0.5, 0.6) is 0 Å². The molecule has 127 valence electrons. The van der Waals surface area contributed by atoms with Crippen molar-refractivity contribution >= 4 is 45.2 Å². The first-order valence-corrected chi connectivity index (χ1v) is 13.3. The summed E-state index contributed by atoms with van der Waals surface area (Å²) in [6, 6.07) is 20.7. The van der Waals surface area contributed by atoms with Crippen molar-refractivity contribution < 1.29 is 15.7 Å². The standard InChI is InChI=1S/C21H20N.2ClH.Ti/c1-21(2,3)18-11-6-8-16(14-18)15-22-20-13-7-10-17-9-4-5-12-19(17)20;;;/h4-13,15H,1-3H3;2*1H;/q;;;+2/p-2. The van der Waals surface area contributed by atoms with Gasteiger partial charge in [0.05, 0.1) is 0 Å². The minimum absolute atomic E-state index is 0.000652. The zero-order valence-electron chi connectivity index (χ0n) is 14.6. The Bertz CT molecular complexity index is 921. The summed E-state index contributed by atoms with van der Waals surface area (Å²) in [6.07, 6.45) is 1.91. The SMILES string of the molecule is CC(C)(C)c1cccc(C=Nc2cccc3ccccc23)[c]1[Ti]([Cl])[Cl]. The molecular weight excluding hydrogens is 385 g/mol. The van der Waals surface area contributed by atoms with E-state index in [1.165, 1.54) is 10.9 Å². The molecule has 4 heteroatoms. The number of hydrogen-bond acceptors (Lipinski definition) is 1. The Morgan fingerprint density at radius 1 is 0.880 bits per heavy atom. The summed E-state index contributed by atoms with van der Waals surface area (Å²) in [5.74, 6) is 0. The molecule has 3 aromatic carbocycles. The number of hydrogen-bond donors (Lipinski definition) is 0. The van der Waals surface area contributed by atoms with E-state index in [0.29, 0.717) is 0 Å². The van der Waals surface area contributed by atoms with Crippen LogP contribution in [0.4, 0.5) is 5.69 Å². The molecule has 0 aromatic heterocycles. The molecule has 0 saturated carbocycles. The Morgan fingerprint density at radius 3 is 2.28 bits per heavy atom. The second kappa shape index (κ2) is 7.64. The molecule has 0 aliphatic heterocycles. The van der Waals surface area contributed by atoms with Crippen LogP contribution in [-0.4, -0.2) is 6.21 Å². The van der Waals surface area contributed by atoms with E-state index >= 15 is 0 Å². The Kier molecular flexibility index (Phi) is 5.70. The summed E-state index contributed by atoms with van der Waals surface area (Å²) >= 11 is -2.32. The molecule has 3 rings (SSSR count). The van der Waals surface area contributed by atoms with Gasteiger partial charge >= 0.3 is 164 Å². The van der Waals surface area contributed by atoms with Crippen LogP contribution in [0.3, 0.4) is 0 Å². The van der Waals surface area contributed by atoms with Gasteiger partial charge in [-0.15, -0.1) is 0 Å². The van der Waals surface area contributed by atoms with Gasteiger partial charge in [0, 0.05) is 0 Å². The molecular formula is C21H20Cl2NTi. The van der Waals surface area contributed by atoms with Crippen LogP contribution < -0.4 is 3.87 Å². The Balaban J connectivity index is 2.10. The summed E-state index contributed by atoms with van der Waals surface area (Å²) in [4.78, 5) is 4.76. The number of rotatable bonds is 3. The summed E-state index contributed by atoms with van der Waals surface area (Å²) < 4.78 is 1.10. The van der Waals surface area contributed by atoms with E-state index in [0.717, 1.165) is 20.5 Å². The molecule has 0 aliphatic carbocycles. The van der Waals surface area contributed by atoms with E-state index in [-0.39, 0.29) is 5.41 Å². The molecule has 0 N–H and O–H groups in total. The molecule has 0 atom stereocenters. The Morgan fingerprint density at radius 2 is 1.56 bits per heavy atom. The summed E-state index contributed by atoms with van der Waals surface area (Å²) in [5, 5.41) is 2.33. The average molecular weight is 405 g/mol. The van der Waals surface area contributed by atoms with Crippen LogP contribution in [0.15, 0.2) is 65.7 Å². The van der Waals surface area contributed by atoms with Crippen LogP contribution in [0.1, 0.15) is 31.9 Å². The quantitative estimate of drug-likeness (QED) is 0.351. The Hall–Kier alpha value is -1.12. The molecule has 25 heavy (non-hydrogen) atoms. The fourth-order valence-electron chi connectivity index (χ4n) is 2.97. The third kappa shape index (κ3) is 4.18. The van der Waals surface area contributed by atoms with Crippen LogP contribution in [0.2, 0.25) is 0 Å². The van der Waals surface area contributed by atoms with Gasteiger partial charge in [0.2, 0.25) is 0 Å². The molecule has 0 unspecified atom stereocenters. The first-order chi connectivity index (χ1) is 11.9. The van der Waals surface area contributed by atoms with Crippen molar-refractivity contribution in [2.45, 2.75) is 26.2 Å². The van der Waals surface area contributed by atoms with Gasteiger partial charge in [-0.05, 0) is 0 Å². The molecule has 0 radical (unpaired) electrons. The summed E-state index contributed by atoms with van der Waals surface area (Å²) in [7, 11) is 12.9. The fraction of sp³-hybridized carbons (Fsp3) is 0.190. The van der Waals surface area contributed by atoms with Gasteiger partial charge in [-0.25, -0.2) is 0 Å². The third-order valence-electron chi connectivity index (χ3n) is 4.20. The zero-order chi connectivity index (χ0) is 18.0. The number of benzene rings is 3. The second-order valence-corrected chi connectivity index (χ2v) is 12.5. The van der Waals surface area contributed by atoms with Crippen LogP contribution >= 0.6 is 18.6 Å². The topological polar surface area (TPSA) is 12.4 Å². The summed E-state index contributed by atoms with van der Waals surface area (Å²) in [5.41, 5.74) is 3.20. The van der Waals surface area contributed by atoms with Crippen LogP contribution in [0.25, 0.3) is 10.8 Å². The minimum atomic E-state index is -2.32. The van der Waals surface area contributed by atoms with E-state index in [1.807, 2.05) is 30.5 Å². The van der Waals surface area contributed by atoms with Gasteiger partial charge in [0.25, 0.3) is 0 Å². The first-order valence-electron chi connectivity index (χ1n) is 8.21. The molecule has 0 fully saturated rings. The van der Waals surface area contributed by atoms with E-state index in [9.17, 15) is 0 Å². The third-order valence-corrected chi connectivity index (χ3v) is 7.22. The normalized spacial score (nSPS) is 12.0. The van der Waals surface area contributed by atoms with Crippen molar-refractivity contribution in [2.75, 3.05) is 0 Å². The molecule has 0 heterocycles. The average Bonchev–Trinajstić information content (AvgIpc) is 2.58. The van der Waals surface area contributed by atoms with Crippen molar-refractivity contribution in [3.8, 4) is 0 Å². The maximum absolute atomic E-state index is 6.47. The molecule has 3 aromatic rings. The zero-order valence-corrected chi connectivity index (χ0v) is 17.6. The number of fused-ring (bicyclic) bond motifs is 1. The van der Waals surface area contributed by atoms with Crippen molar-refractivity contribution in [3.05, 3.63) is 71.8 Å². The van der Waals surface area contributed by atoms with Gasteiger partial charge in [-0.1, -0.05) is 0 Å². The van der Waals surface area contributed by atoms with Gasteiger partial charge < -0.3 is 0 Å². The predicted molar refractivity (Wildman–Crippen MR) is 108 cm³/mol. The monoisotopic (exact) mass is 404 g/mol. The summed E-state index contributed by atoms with van der Waals surface area (Å²) in [6.45, 7) is 6.56. The fourth-order valence-corrected chi connectivity index (χ4v) is 6.32. The van der Waals surface area contributed by atoms with E-state index in [1.54, 1.807) is 0 Å². The molecule has 0 saturated heterocycles. The van der Waals surface area contributed by atoms with Crippen molar-refractivity contribution in [1.82, 2.24) is 0 Å². The number of halogens is 2. The van der Waals surface area contributed by atoms with Crippen molar-refractivity contribution in [2.24, 2.45) is 4.99 Å². The van der Waals surface area contributed by atoms with E-state index in [4.69, 9.17) is 23.6 Å². The Labute approximate surface area is 163 Å². The predicted octanol–water partition coefficient (Wildman–Crippen LogP) is 6.44. The first kappa shape index (κ1) is 18.7.